The first-order valence-electron chi connectivity index (χ1n) is 6.10. The zero-order chi connectivity index (χ0) is 14.7. The Hall–Kier alpha value is -1.36. The van der Waals surface area contributed by atoms with Gasteiger partial charge in [-0.1, -0.05) is 30.3 Å². The van der Waals surface area contributed by atoms with Crippen LogP contribution in [0.1, 0.15) is 26.3 Å². The van der Waals surface area contributed by atoms with E-state index in [1.54, 1.807) is 45.0 Å². The van der Waals surface area contributed by atoms with Crippen LogP contribution in [0, 0.1) is 5.92 Å². The number of rotatable bonds is 5. The summed E-state index contributed by atoms with van der Waals surface area (Å²) in [4.78, 5) is 11.1. The highest BCUT2D eigenvalue weighted by Crippen LogP contribution is 2.20. The van der Waals surface area contributed by atoms with Crippen LogP contribution in [0.2, 0.25) is 0 Å². The maximum Gasteiger partial charge on any atom is 0.155 e. The second-order valence-electron chi connectivity index (χ2n) is 5.60. The minimum Gasteiger partial charge on any atom is -0.550 e. The molecule has 4 nitrogen and oxygen atoms in total. The SMILES string of the molecule is CC(C)(C)S(=O)(=O)CC(Cc1ccccc1)C(=O)[O-]. The van der Waals surface area contributed by atoms with Crippen LogP contribution in [0.3, 0.4) is 0 Å². The molecule has 0 spiro atoms. The number of hydrogen-bond acceptors (Lipinski definition) is 4. The molecule has 0 saturated carbocycles. The number of carboxylic acid groups (broad SMARTS) is 1. The molecule has 0 heterocycles. The van der Waals surface area contributed by atoms with Crippen LogP contribution in [0.25, 0.3) is 0 Å². The number of carboxylic acids is 1. The van der Waals surface area contributed by atoms with Gasteiger partial charge in [0.25, 0.3) is 0 Å². The molecule has 1 unspecified atom stereocenters. The van der Waals surface area contributed by atoms with Gasteiger partial charge in [0.05, 0.1) is 10.5 Å². The summed E-state index contributed by atoms with van der Waals surface area (Å²) < 4.78 is 23.2. The van der Waals surface area contributed by atoms with E-state index in [0.717, 1.165) is 5.56 Å². The molecule has 0 fully saturated rings. The highest BCUT2D eigenvalue weighted by molar-refractivity contribution is 7.92. The van der Waals surface area contributed by atoms with Crippen LogP contribution in [0.4, 0.5) is 0 Å². The molecule has 1 aromatic carbocycles. The molecular weight excluding hydrogens is 264 g/mol. The molecule has 0 aliphatic carbocycles. The number of carbonyl (C=O) groups is 1. The van der Waals surface area contributed by atoms with Gasteiger partial charge in [-0.05, 0) is 32.8 Å². The summed E-state index contributed by atoms with van der Waals surface area (Å²) in [6.07, 6.45) is 0.165. The molecule has 0 aromatic heterocycles. The maximum absolute atomic E-state index is 12.1. The number of hydrogen-bond donors (Lipinski definition) is 0. The lowest BCUT2D eigenvalue weighted by atomic mass is 10.0. The predicted octanol–water partition coefficient (Wildman–Crippen LogP) is 0.808. The van der Waals surface area contributed by atoms with Crippen molar-refractivity contribution in [3.63, 3.8) is 0 Å². The molecule has 0 radical (unpaired) electrons. The molecule has 106 valence electrons. The lowest BCUT2D eigenvalue weighted by Crippen LogP contribution is -2.41. The van der Waals surface area contributed by atoms with E-state index in [1.165, 1.54) is 0 Å². The van der Waals surface area contributed by atoms with Gasteiger partial charge in [-0.15, -0.1) is 0 Å². The second kappa shape index (κ2) is 5.74. The van der Waals surface area contributed by atoms with Crippen molar-refractivity contribution >= 4 is 15.8 Å². The van der Waals surface area contributed by atoms with Crippen LogP contribution >= 0.6 is 0 Å². The fraction of sp³-hybridized carbons (Fsp3) is 0.500. The van der Waals surface area contributed by atoms with Crippen LogP contribution in [0.15, 0.2) is 30.3 Å². The van der Waals surface area contributed by atoms with E-state index < -0.39 is 32.2 Å². The molecular formula is C14H19O4S-. The molecule has 0 aliphatic rings. The number of aliphatic carboxylic acids is 1. The monoisotopic (exact) mass is 283 g/mol. The van der Waals surface area contributed by atoms with Gasteiger partial charge in [-0.2, -0.15) is 0 Å². The average Bonchev–Trinajstić information content (AvgIpc) is 2.27. The van der Waals surface area contributed by atoms with Crippen molar-refractivity contribution in [2.45, 2.75) is 31.9 Å². The topological polar surface area (TPSA) is 74.3 Å². The molecule has 0 amide bonds. The zero-order valence-corrected chi connectivity index (χ0v) is 12.2. The molecule has 0 aliphatic heterocycles. The Morgan fingerprint density at radius 3 is 2.16 bits per heavy atom. The first-order chi connectivity index (χ1) is 8.63. The molecule has 1 aromatic rings. The summed E-state index contributed by atoms with van der Waals surface area (Å²) in [5.41, 5.74) is 0.792. The normalized spacial score (nSPS) is 14.1. The largest absolute Gasteiger partial charge is 0.550 e. The molecule has 19 heavy (non-hydrogen) atoms. The molecule has 1 atom stereocenters. The minimum absolute atomic E-state index is 0.165. The van der Waals surface area contributed by atoms with Crippen molar-refractivity contribution in [3.8, 4) is 0 Å². The Balaban J connectivity index is 2.90. The van der Waals surface area contributed by atoms with E-state index in [2.05, 4.69) is 0 Å². The Morgan fingerprint density at radius 1 is 1.21 bits per heavy atom. The van der Waals surface area contributed by atoms with Crippen molar-refractivity contribution in [1.82, 2.24) is 0 Å². The van der Waals surface area contributed by atoms with E-state index >= 15 is 0 Å². The van der Waals surface area contributed by atoms with Crippen LogP contribution in [-0.4, -0.2) is 24.9 Å². The third-order valence-electron chi connectivity index (χ3n) is 3.01. The van der Waals surface area contributed by atoms with Crippen molar-refractivity contribution in [2.24, 2.45) is 5.92 Å². The van der Waals surface area contributed by atoms with Gasteiger partial charge in [-0.25, -0.2) is 8.42 Å². The van der Waals surface area contributed by atoms with Gasteiger partial charge in [0, 0.05) is 11.9 Å². The summed E-state index contributed by atoms with van der Waals surface area (Å²) in [7, 11) is -3.48. The van der Waals surface area contributed by atoms with Crippen LogP contribution in [-0.2, 0) is 21.1 Å². The number of carbonyl (C=O) groups excluding carboxylic acids is 1. The molecule has 0 N–H and O–H groups in total. The second-order valence-corrected chi connectivity index (χ2v) is 8.39. The third kappa shape index (κ3) is 4.35. The summed E-state index contributed by atoms with van der Waals surface area (Å²) in [6, 6.07) is 8.96. The van der Waals surface area contributed by atoms with Crippen LogP contribution in [0.5, 0.6) is 0 Å². The number of sulfone groups is 1. The fourth-order valence-corrected chi connectivity index (χ4v) is 2.91. The summed E-state index contributed by atoms with van der Waals surface area (Å²) in [6.45, 7) is 4.70. The highest BCUT2D eigenvalue weighted by Gasteiger charge is 2.32. The van der Waals surface area contributed by atoms with E-state index in [-0.39, 0.29) is 6.42 Å². The van der Waals surface area contributed by atoms with E-state index in [1.807, 2.05) is 6.07 Å². The first kappa shape index (κ1) is 15.7. The first-order valence-corrected chi connectivity index (χ1v) is 7.76. The van der Waals surface area contributed by atoms with Gasteiger partial charge < -0.3 is 9.90 Å². The van der Waals surface area contributed by atoms with Crippen molar-refractivity contribution in [1.29, 1.82) is 0 Å². The quantitative estimate of drug-likeness (QED) is 0.801. The Kier molecular flexibility index (Phi) is 4.74. The van der Waals surface area contributed by atoms with E-state index in [9.17, 15) is 18.3 Å². The third-order valence-corrected chi connectivity index (χ3v) is 5.72. The Labute approximate surface area is 114 Å². The summed E-state index contributed by atoms with van der Waals surface area (Å²) >= 11 is 0. The summed E-state index contributed by atoms with van der Waals surface area (Å²) in [5.74, 6) is -2.74. The molecule has 5 heteroatoms. The zero-order valence-electron chi connectivity index (χ0n) is 11.4. The van der Waals surface area contributed by atoms with Gasteiger partial charge in [0.15, 0.2) is 9.84 Å². The summed E-state index contributed by atoms with van der Waals surface area (Å²) in [5, 5.41) is 11.1. The Morgan fingerprint density at radius 2 is 1.74 bits per heavy atom. The minimum atomic E-state index is -3.48. The maximum atomic E-state index is 12.1. The van der Waals surface area contributed by atoms with E-state index in [0.29, 0.717) is 0 Å². The van der Waals surface area contributed by atoms with Gasteiger partial charge >= 0.3 is 0 Å². The molecule has 0 saturated heterocycles. The Bertz CT molecular complexity index is 526. The van der Waals surface area contributed by atoms with E-state index in [4.69, 9.17) is 0 Å². The van der Waals surface area contributed by atoms with Gasteiger partial charge in [-0.3, -0.25) is 0 Å². The lowest BCUT2D eigenvalue weighted by Gasteiger charge is -2.24. The number of benzene rings is 1. The molecule has 0 bridgehead atoms. The van der Waals surface area contributed by atoms with Gasteiger partial charge in [0.1, 0.15) is 0 Å². The van der Waals surface area contributed by atoms with Crippen molar-refractivity contribution < 1.29 is 18.3 Å². The highest BCUT2D eigenvalue weighted by atomic mass is 32.2. The standard InChI is InChI=1S/C14H20O4S/c1-14(2,3)19(17,18)10-12(13(15)16)9-11-7-5-4-6-8-11/h4-8,12H,9-10H2,1-3H3,(H,15,16)/p-1. The fourth-order valence-electron chi connectivity index (χ4n) is 1.62. The smallest absolute Gasteiger partial charge is 0.155 e. The predicted molar refractivity (Wildman–Crippen MR) is 72.2 cm³/mol. The van der Waals surface area contributed by atoms with Crippen LogP contribution < -0.4 is 5.11 Å². The van der Waals surface area contributed by atoms with Crippen molar-refractivity contribution in [3.05, 3.63) is 35.9 Å². The molecule has 1 rings (SSSR count). The van der Waals surface area contributed by atoms with Gasteiger partial charge in [0.2, 0.25) is 0 Å². The lowest BCUT2D eigenvalue weighted by molar-refractivity contribution is -0.310. The van der Waals surface area contributed by atoms with Crippen molar-refractivity contribution in [2.75, 3.05) is 5.75 Å². The average molecular weight is 283 g/mol.